The summed E-state index contributed by atoms with van der Waals surface area (Å²) in [5, 5.41) is 11.4. The number of ether oxygens (including phenoxy) is 2. The monoisotopic (exact) mass is 274 g/mol. The van der Waals surface area contributed by atoms with Crippen molar-refractivity contribution in [3.8, 4) is 11.5 Å². The summed E-state index contributed by atoms with van der Waals surface area (Å²) in [5.41, 5.74) is 2.04. The Morgan fingerprint density at radius 1 is 1.35 bits per heavy atom. The van der Waals surface area contributed by atoms with E-state index in [2.05, 4.69) is 21.7 Å². The van der Waals surface area contributed by atoms with Gasteiger partial charge in [-0.1, -0.05) is 17.3 Å². The van der Waals surface area contributed by atoms with Crippen LogP contribution in [0.4, 0.5) is 0 Å². The first-order chi connectivity index (χ1) is 9.78. The molecule has 0 aliphatic carbocycles. The van der Waals surface area contributed by atoms with Crippen molar-refractivity contribution in [3.63, 3.8) is 0 Å². The van der Waals surface area contributed by atoms with E-state index in [0.717, 1.165) is 29.2 Å². The maximum atomic E-state index is 5.77. The molecule has 0 fully saturated rings. The minimum Gasteiger partial charge on any atom is -0.486 e. The van der Waals surface area contributed by atoms with Crippen molar-refractivity contribution in [3.05, 3.63) is 35.7 Å². The summed E-state index contributed by atoms with van der Waals surface area (Å²) in [6.07, 6.45) is 2.68. The van der Waals surface area contributed by atoms with Gasteiger partial charge < -0.3 is 14.8 Å². The highest BCUT2D eigenvalue weighted by atomic mass is 16.6. The number of nitrogens with one attached hydrogen (secondary N) is 1. The zero-order valence-electron chi connectivity index (χ0n) is 11.7. The van der Waals surface area contributed by atoms with Gasteiger partial charge in [-0.3, -0.25) is 4.68 Å². The zero-order chi connectivity index (χ0) is 13.9. The molecule has 6 heteroatoms. The second kappa shape index (κ2) is 5.50. The molecular weight excluding hydrogens is 256 g/mol. The van der Waals surface area contributed by atoms with Gasteiger partial charge in [-0.2, -0.15) is 0 Å². The third kappa shape index (κ3) is 2.46. The molecule has 1 aliphatic heterocycles. The van der Waals surface area contributed by atoms with E-state index < -0.39 is 0 Å². The summed E-state index contributed by atoms with van der Waals surface area (Å²) in [7, 11) is 3.80. The van der Waals surface area contributed by atoms with Crippen LogP contribution in [0.15, 0.2) is 24.4 Å². The first-order valence-electron chi connectivity index (χ1n) is 6.69. The summed E-state index contributed by atoms with van der Waals surface area (Å²) in [5.74, 6) is 1.65. The average molecular weight is 274 g/mol. The van der Waals surface area contributed by atoms with Crippen LogP contribution in [0.1, 0.15) is 17.3 Å². The van der Waals surface area contributed by atoms with Crippen LogP contribution in [0.2, 0.25) is 0 Å². The summed E-state index contributed by atoms with van der Waals surface area (Å²) >= 11 is 0. The van der Waals surface area contributed by atoms with E-state index in [-0.39, 0.29) is 6.04 Å². The van der Waals surface area contributed by atoms with E-state index in [1.54, 1.807) is 4.68 Å². The molecule has 0 amide bonds. The van der Waals surface area contributed by atoms with Crippen LogP contribution in [0.25, 0.3) is 0 Å². The minimum absolute atomic E-state index is 0.114. The number of likely N-dealkylation sites (N-methyl/N-ethyl adjacent to an activating group) is 1. The topological polar surface area (TPSA) is 61.2 Å². The highest BCUT2D eigenvalue weighted by Crippen LogP contribution is 2.37. The molecule has 1 aromatic carbocycles. The lowest BCUT2D eigenvalue weighted by Gasteiger charge is -2.24. The van der Waals surface area contributed by atoms with Crippen molar-refractivity contribution in [1.82, 2.24) is 20.3 Å². The Bertz CT molecular complexity index is 597. The number of nitrogens with zero attached hydrogens (tertiary/aromatic N) is 3. The van der Waals surface area contributed by atoms with E-state index in [1.165, 1.54) is 0 Å². The van der Waals surface area contributed by atoms with Crippen molar-refractivity contribution in [2.24, 2.45) is 7.05 Å². The third-order valence-electron chi connectivity index (χ3n) is 3.38. The molecule has 3 rings (SSSR count). The number of aromatic nitrogens is 3. The van der Waals surface area contributed by atoms with Crippen LogP contribution in [-0.2, 0) is 13.5 Å². The molecule has 2 heterocycles. The Kier molecular flexibility index (Phi) is 3.56. The Morgan fingerprint density at radius 3 is 2.95 bits per heavy atom. The highest BCUT2D eigenvalue weighted by Gasteiger charge is 2.22. The molecule has 2 aromatic rings. The minimum atomic E-state index is 0.114. The second-order valence-corrected chi connectivity index (χ2v) is 4.80. The highest BCUT2D eigenvalue weighted by molar-refractivity contribution is 5.49. The fraction of sp³-hybridized carbons (Fsp3) is 0.429. The van der Waals surface area contributed by atoms with E-state index >= 15 is 0 Å². The van der Waals surface area contributed by atoms with Gasteiger partial charge in [-0.05, 0) is 13.1 Å². The molecule has 0 radical (unpaired) electrons. The maximum Gasteiger partial charge on any atom is 0.166 e. The fourth-order valence-corrected chi connectivity index (χ4v) is 2.44. The number of aryl methyl sites for hydroxylation is 1. The van der Waals surface area contributed by atoms with Crippen molar-refractivity contribution in [2.45, 2.75) is 12.5 Å². The van der Waals surface area contributed by atoms with Crippen molar-refractivity contribution in [1.29, 1.82) is 0 Å². The van der Waals surface area contributed by atoms with Gasteiger partial charge in [0.2, 0.25) is 0 Å². The molecule has 20 heavy (non-hydrogen) atoms. The molecule has 1 atom stereocenters. The van der Waals surface area contributed by atoms with Gasteiger partial charge in [0.15, 0.2) is 11.5 Å². The van der Waals surface area contributed by atoms with Gasteiger partial charge in [0.25, 0.3) is 0 Å². The first-order valence-corrected chi connectivity index (χ1v) is 6.69. The number of fused-ring (bicyclic) bond motifs is 1. The maximum absolute atomic E-state index is 5.77. The summed E-state index contributed by atoms with van der Waals surface area (Å²) in [4.78, 5) is 0. The van der Waals surface area contributed by atoms with Gasteiger partial charge in [-0.15, -0.1) is 5.10 Å². The predicted octanol–water partition coefficient (Wildman–Crippen LogP) is 1.09. The van der Waals surface area contributed by atoms with E-state index in [4.69, 9.17) is 9.47 Å². The summed E-state index contributed by atoms with van der Waals surface area (Å²) in [6.45, 7) is 1.19. The lowest BCUT2D eigenvalue weighted by Crippen LogP contribution is -2.23. The number of benzene rings is 1. The van der Waals surface area contributed by atoms with Crippen LogP contribution in [0.5, 0.6) is 11.5 Å². The number of rotatable bonds is 4. The van der Waals surface area contributed by atoms with Crippen LogP contribution in [0.3, 0.4) is 0 Å². The molecule has 0 saturated carbocycles. The molecule has 0 bridgehead atoms. The molecule has 106 valence electrons. The molecule has 1 unspecified atom stereocenters. The van der Waals surface area contributed by atoms with Gasteiger partial charge in [0, 0.05) is 31.3 Å². The average Bonchev–Trinajstić information content (AvgIpc) is 2.89. The van der Waals surface area contributed by atoms with Crippen molar-refractivity contribution >= 4 is 0 Å². The molecule has 6 nitrogen and oxygen atoms in total. The molecule has 1 N–H and O–H groups in total. The van der Waals surface area contributed by atoms with Gasteiger partial charge in [-0.25, -0.2) is 0 Å². The van der Waals surface area contributed by atoms with Crippen molar-refractivity contribution < 1.29 is 9.47 Å². The smallest absolute Gasteiger partial charge is 0.166 e. The quantitative estimate of drug-likeness (QED) is 0.904. The lowest BCUT2D eigenvalue weighted by atomic mass is 10.0. The summed E-state index contributed by atoms with van der Waals surface area (Å²) < 4.78 is 13.1. The van der Waals surface area contributed by atoms with Gasteiger partial charge in [0.1, 0.15) is 13.2 Å². The van der Waals surface area contributed by atoms with Crippen LogP contribution in [-0.4, -0.2) is 35.3 Å². The fourth-order valence-electron chi connectivity index (χ4n) is 2.44. The summed E-state index contributed by atoms with van der Waals surface area (Å²) in [6, 6.07) is 6.10. The molecule has 1 aromatic heterocycles. The first kappa shape index (κ1) is 12.9. The van der Waals surface area contributed by atoms with Crippen LogP contribution >= 0.6 is 0 Å². The van der Waals surface area contributed by atoms with Gasteiger partial charge >= 0.3 is 0 Å². The van der Waals surface area contributed by atoms with E-state index in [1.807, 2.05) is 32.4 Å². The van der Waals surface area contributed by atoms with Crippen LogP contribution < -0.4 is 14.8 Å². The van der Waals surface area contributed by atoms with Crippen molar-refractivity contribution in [2.75, 3.05) is 20.3 Å². The predicted molar refractivity (Wildman–Crippen MR) is 73.9 cm³/mol. The second-order valence-electron chi connectivity index (χ2n) is 4.80. The SMILES string of the molecule is CNC(Cc1cn(C)nn1)c1cccc2c1OCCO2. The Balaban J connectivity index is 1.89. The largest absolute Gasteiger partial charge is 0.486 e. The Morgan fingerprint density at radius 2 is 2.20 bits per heavy atom. The molecular formula is C14H18N4O2. The Hall–Kier alpha value is -2.08. The normalized spacial score (nSPS) is 15.1. The lowest BCUT2D eigenvalue weighted by molar-refractivity contribution is 0.168. The number of para-hydroxylation sites is 1. The molecule has 1 aliphatic rings. The van der Waals surface area contributed by atoms with E-state index in [9.17, 15) is 0 Å². The molecule has 0 spiro atoms. The van der Waals surface area contributed by atoms with Gasteiger partial charge in [0.05, 0.1) is 5.69 Å². The number of hydrogen-bond acceptors (Lipinski definition) is 5. The Labute approximate surface area is 117 Å². The van der Waals surface area contributed by atoms with Crippen LogP contribution in [0, 0.1) is 0 Å². The third-order valence-corrected chi connectivity index (χ3v) is 3.38. The standard InChI is InChI=1S/C14H18N4O2/c1-15-12(8-10-9-18(2)17-16-10)11-4-3-5-13-14(11)20-7-6-19-13/h3-5,9,12,15H,6-8H2,1-2H3. The molecule has 0 saturated heterocycles. The van der Waals surface area contributed by atoms with E-state index in [0.29, 0.717) is 13.2 Å². The zero-order valence-corrected chi connectivity index (χ0v) is 11.7. The number of hydrogen-bond donors (Lipinski definition) is 1.